The average molecular weight is 611 g/mol. The minimum atomic E-state index is -0.525. The Balaban J connectivity index is 1.83. The number of halogens is 4. The van der Waals surface area contributed by atoms with Crippen LogP contribution in [-0.4, -0.2) is 13.0 Å². The van der Waals surface area contributed by atoms with Crippen LogP contribution in [-0.2, 0) is 11.4 Å². The maximum Gasteiger partial charge on any atom is 0.266 e. The second-order valence-corrected chi connectivity index (χ2v) is 9.31. The van der Waals surface area contributed by atoms with E-state index in [0.717, 1.165) is 10.0 Å². The van der Waals surface area contributed by atoms with Gasteiger partial charge in [-0.1, -0.05) is 51.3 Å². The van der Waals surface area contributed by atoms with E-state index in [4.69, 9.17) is 32.7 Å². The van der Waals surface area contributed by atoms with Gasteiger partial charge in [0.25, 0.3) is 5.91 Å². The molecular weight excluding hydrogens is 595 g/mol. The molecule has 0 aliphatic heterocycles. The molecule has 0 aliphatic rings. The number of carbonyl (C=O) groups is 1. The third-order valence-electron chi connectivity index (χ3n) is 4.40. The van der Waals surface area contributed by atoms with E-state index in [1.54, 1.807) is 48.5 Å². The molecule has 0 aromatic heterocycles. The quantitative estimate of drug-likeness (QED) is 0.220. The van der Waals surface area contributed by atoms with E-state index in [1.807, 2.05) is 12.1 Å². The van der Waals surface area contributed by atoms with Crippen LogP contribution in [0.3, 0.4) is 0 Å². The monoisotopic (exact) mass is 608 g/mol. The van der Waals surface area contributed by atoms with E-state index in [-0.39, 0.29) is 12.2 Å². The zero-order valence-corrected chi connectivity index (χ0v) is 21.8. The first kappa shape index (κ1) is 25.1. The predicted molar refractivity (Wildman–Crippen MR) is 138 cm³/mol. The van der Waals surface area contributed by atoms with Crippen LogP contribution in [0.15, 0.2) is 69.1 Å². The SMILES string of the molecule is COc1cc(/C=C(/C#N)C(=O)Nc2cccc(Br)c2)cc(Br)c1OCc1ccc(Cl)cc1Cl. The Morgan fingerprint density at radius 3 is 2.61 bits per heavy atom. The Kier molecular flexibility index (Phi) is 8.81. The van der Waals surface area contributed by atoms with Crippen LogP contribution in [0.5, 0.6) is 11.5 Å². The maximum atomic E-state index is 12.6. The first-order valence-electron chi connectivity index (χ1n) is 9.43. The Labute approximate surface area is 218 Å². The van der Waals surface area contributed by atoms with Gasteiger partial charge >= 0.3 is 0 Å². The third kappa shape index (κ3) is 6.75. The summed E-state index contributed by atoms with van der Waals surface area (Å²) < 4.78 is 12.8. The number of nitrogens with zero attached hydrogens (tertiary/aromatic N) is 1. The first-order valence-corrected chi connectivity index (χ1v) is 11.8. The van der Waals surface area contributed by atoms with Gasteiger partial charge in [-0.3, -0.25) is 4.79 Å². The number of amides is 1. The second kappa shape index (κ2) is 11.6. The van der Waals surface area contributed by atoms with E-state index in [9.17, 15) is 10.1 Å². The zero-order valence-electron chi connectivity index (χ0n) is 17.2. The van der Waals surface area contributed by atoms with Crippen molar-refractivity contribution in [1.82, 2.24) is 0 Å². The van der Waals surface area contributed by atoms with Crippen LogP contribution in [0, 0.1) is 11.3 Å². The number of ether oxygens (including phenoxy) is 2. The summed E-state index contributed by atoms with van der Waals surface area (Å²) in [5.41, 5.74) is 1.84. The van der Waals surface area contributed by atoms with Gasteiger partial charge in [0, 0.05) is 25.8 Å². The molecule has 3 aromatic carbocycles. The molecule has 3 rings (SSSR count). The number of benzene rings is 3. The highest BCUT2D eigenvalue weighted by Gasteiger charge is 2.15. The molecule has 0 fully saturated rings. The number of anilines is 1. The van der Waals surface area contributed by atoms with Crippen LogP contribution in [0.2, 0.25) is 10.0 Å². The van der Waals surface area contributed by atoms with Crippen molar-refractivity contribution >= 4 is 72.7 Å². The molecule has 1 N–H and O–H groups in total. The lowest BCUT2D eigenvalue weighted by atomic mass is 10.1. The van der Waals surface area contributed by atoms with Crippen molar-refractivity contribution in [3.63, 3.8) is 0 Å². The van der Waals surface area contributed by atoms with E-state index in [0.29, 0.717) is 37.3 Å². The van der Waals surface area contributed by atoms with Crippen molar-refractivity contribution in [3.8, 4) is 17.6 Å². The van der Waals surface area contributed by atoms with Crippen LogP contribution in [0.25, 0.3) is 6.08 Å². The third-order valence-corrected chi connectivity index (χ3v) is 6.07. The fourth-order valence-electron chi connectivity index (χ4n) is 2.83. The standard InChI is InChI=1S/C24H16Br2Cl2N2O3/c1-32-22-9-14(7-16(12-29)24(31)30-19-4-2-3-17(25)10-19)8-20(26)23(22)33-13-15-5-6-18(27)11-21(15)28/h2-11H,13H2,1H3,(H,30,31)/b16-7-. The van der Waals surface area contributed by atoms with E-state index in [2.05, 4.69) is 37.2 Å². The molecular formula is C24H16Br2Cl2N2O3. The molecule has 168 valence electrons. The van der Waals surface area contributed by atoms with Gasteiger partial charge in [-0.05, 0) is 70.0 Å². The topological polar surface area (TPSA) is 71.3 Å². The number of methoxy groups -OCH3 is 1. The van der Waals surface area contributed by atoms with Gasteiger partial charge in [-0.15, -0.1) is 0 Å². The Morgan fingerprint density at radius 1 is 1.15 bits per heavy atom. The molecule has 0 aliphatic carbocycles. The molecule has 5 nitrogen and oxygen atoms in total. The van der Waals surface area contributed by atoms with Gasteiger partial charge in [0.1, 0.15) is 18.2 Å². The minimum Gasteiger partial charge on any atom is -0.493 e. The Bertz CT molecular complexity index is 1270. The molecule has 3 aromatic rings. The minimum absolute atomic E-state index is 0.0643. The lowest BCUT2D eigenvalue weighted by Crippen LogP contribution is -2.13. The van der Waals surface area contributed by atoms with E-state index in [1.165, 1.54) is 13.2 Å². The Hall–Kier alpha value is -2.50. The number of nitriles is 1. The van der Waals surface area contributed by atoms with Crippen molar-refractivity contribution in [1.29, 1.82) is 5.26 Å². The predicted octanol–water partition coefficient (Wildman–Crippen LogP) is 7.65. The average Bonchev–Trinajstić information content (AvgIpc) is 2.77. The highest BCUT2D eigenvalue weighted by molar-refractivity contribution is 9.10. The largest absolute Gasteiger partial charge is 0.493 e. The number of hydrogen-bond donors (Lipinski definition) is 1. The summed E-state index contributed by atoms with van der Waals surface area (Å²) in [6.45, 7) is 0.193. The summed E-state index contributed by atoms with van der Waals surface area (Å²) in [5.74, 6) is 0.353. The molecule has 0 atom stereocenters. The van der Waals surface area contributed by atoms with Crippen LogP contribution in [0.1, 0.15) is 11.1 Å². The van der Waals surface area contributed by atoms with E-state index < -0.39 is 5.91 Å². The number of rotatable bonds is 7. The lowest BCUT2D eigenvalue weighted by molar-refractivity contribution is -0.112. The molecule has 0 saturated carbocycles. The highest BCUT2D eigenvalue weighted by Crippen LogP contribution is 2.38. The summed E-state index contributed by atoms with van der Waals surface area (Å²) in [6, 6.07) is 17.6. The van der Waals surface area contributed by atoms with Crippen molar-refractivity contribution in [2.75, 3.05) is 12.4 Å². The highest BCUT2D eigenvalue weighted by atomic mass is 79.9. The summed E-state index contributed by atoms with van der Waals surface area (Å²) in [4.78, 5) is 12.6. The fourth-order valence-corrected chi connectivity index (χ4v) is 4.27. The van der Waals surface area contributed by atoms with Gasteiger partial charge in [0.15, 0.2) is 11.5 Å². The summed E-state index contributed by atoms with van der Waals surface area (Å²) in [6.07, 6.45) is 1.47. The van der Waals surface area contributed by atoms with Gasteiger partial charge in [-0.25, -0.2) is 0 Å². The molecule has 0 radical (unpaired) electrons. The number of carbonyl (C=O) groups excluding carboxylic acids is 1. The van der Waals surface area contributed by atoms with Gasteiger partial charge in [0.2, 0.25) is 0 Å². The van der Waals surface area contributed by atoms with Gasteiger partial charge in [0.05, 0.1) is 11.6 Å². The van der Waals surface area contributed by atoms with Crippen LogP contribution in [0.4, 0.5) is 5.69 Å². The zero-order chi connectivity index (χ0) is 24.0. The second-order valence-electron chi connectivity index (χ2n) is 6.69. The summed E-state index contributed by atoms with van der Waals surface area (Å²) in [5, 5.41) is 13.3. The molecule has 0 spiro atoms. The molecule has 9 heteroatoms. The molecule has 0 unspecified atom stereocenters. The normalized spacial score (nSPS) is 11.0. The van der Waals surface area contributed by atoms with Crippen molar-refractivity contribution in [2.45, 2.75) is 6.61 Å². The number of nitrogens with one attached hydrogen (secondary N) is 1. The van der Waals surface area contributed by atoms with Crippen LogP contribution >= 0.6 is 55.1 Å². The van der Waals surface area contributed by atoms with Crippen molar-refractivity contribution in [2.24, 2.45) is 0 Å². The summed E-state index contributed by atoms with van der Waals surface area (Å²) >= 11 is 19.0. The Morgan fingerprint density at radius 2 is 1.94 bits per heavy atom. The van der Waals surface area contributed by atoms with Crippen molar-refractivity contribution < 1.29 is 14.3 Å². The maximum absolute atomic E-state index is 12.6. The number of hydrogen-bond acceptors (Lipinski definition) is 4. The smallest absolute Gasteiger partial charge is 0.266 e. The van der Waals surface area contributed by atoms with Gasteiger partial charge in [-0.2, -0.15) is 5.26 Å². The molecule has 33 heavy (non-hydrogen) atoms. The fraction of sp³-hybridized carbons (Fsp3) is 0.0833. The summed E-state index contributed by atoms with van der Waals surface area (Å²) in [7, 11) is 1.50. The molecule has 0 saturated heterocycles. The van der Waals surface area contributed by atoms with Gasteiger partial charge < -0.3 is 14.8 Å². The lowest BCUT2D eigenvalue weighted by Gasteiger charge is -2.14. The molecule has 0 bridgehead atoms. The van der Waals surface area contributed by atoms with E-state index >= 15 is 0 Å². The molecule has 1 amide bonds. The first-order chi connectivity index (χ1) is 15.8. The van der Waals surface area contributed by atoms with Crippen molar-refractivity contribution in [3.05, 3.63) is 90.3 Å². The van der Waals surface area contributed by atoms with Crippen LogP contribution < -0.4 is 14.8 Å². The molecule has 0 heterocycles.